The second kappa shape index (κ2) is 10.2. The Morgan fingerprint density at radius 1 is 1.09 bits per heavy atom. The van der Waals surface area contributed by atoms with Crippen LogP contribution in [0, 0.1) is 11.8 Å². The second-order valence-corrected chi connectivity index (χ2v) is 4.69. The van der Waals surface area contributed by atoms with Gasteiger partial charge in [-0.25, -0.2) is 4.79 Å². The molecular weight excluding hydrogens is 292 g/mol. The van der Waals surface area contributed by atoms with Crippen molar-refractivity contribution in [2.75, 3.05) is 6.61 Å². The number of hydrogen-bond donors (Lipinski definition) is 0. The zero-order valence-electron chi connectivity index (χ0n) is 13.8. The van der Waals surface area contributed by atoms with Gasteiger partial charge in [0.05, 0.1) is 12.2 Å². The summed E-state index contributed by atoms with van der Waals surface area (Å²) in [4.78, 5) is 23.7. The van der Waals surface area contributed by atoms with Gasteiger partial charge in [0, 0.05) is 25.3 Å². The largest absolute Gasteiger partial charge is 0.463 e. The Hall–Kier alpha value is -2.54. The van der Waals surface area contributed by atoms with Gasteiger partial charge in [0.1, 0.15) is 5.76 Å². The third-order valence-electron chi connectivity index (χ3n) is 2.88. The van der Waals surface area contributed by atoms with E-state index in [9.17, 15) is 9.59 Å². The van der Waals surface area contributed by atoms with Crippen LogP contribution < -0.4 is 0 Å². The van der Waals surface area contributed by atoms with E-state index in [1.807, 2.05) is 25.1 Å². The van der Waals surface area contributed by atoms with E-state index in [2.05, 4.69) is 11.8 Å². The third kappa shape index (κ3) is 6.39. The van der Waals surface area contributed by atoms with Crippen molar-refractivity contribution in [2.45, 2.75) is 40.0 Å². The minimum absolute atomic E-state index is 0.245. The minimum Gasteiger partial charge on any atom is -0.463 e. The maximum Gasteiger partial charge on any atom is 0.337 e. The fourth-order valence-electron chi connectivity index (χ4n) is 1.96. The van der Waals surface area contributed by atoms with Crippen molar-refractivity contribution in [1.29, 1.82) is 0 Å². The highest BCUT2D eigenvalue weighted by Crippen LogP contribution is 2.24. The molecule has 0 radical (unpaired) electrons. The SMILES string of the molecule is CCC#CCC/C(C(=O)OCC)=C(/OC(C)=O)c1ccccc1. The Morgan fingerprint density at radius 3 is 2.35 bits per heavy atom. The molecule has 0 aliphatic rings. The van der Waals surface area contributed by atoms with E-state index in [0.29, 0.717) is 24.0 Å². The van der Waals surface area contributed by atoms with Gasteiger partial charge in [-0.2, -0.15) is 0 Å². The van der Waals surface area contributed by atoms with Gasteiger partial charge in [-0.05, 0) is 13.3 Å². The van der Waals surface area contributed by atoms with Crippen LogP contribution in [0.15, 0.2) is 35.9 Å². The molecule has 0 heterocycles. The Labute approximate surface area is 137 Å². The van der Waals surface area contributed by atoms with Crippen molar-refractivity contribution in [3.63, 3.8) is 0 Å². The quantitative estimate of drug-likeness (QED) is 0.347. The first-order chi connectivity index (χ1) is 11.1. The van der Waals surface area contributed by atoms with E-state index in [4.69, 9.17) is 9.47 Å². The summed E-state index contributed by atoms with van der Waals surface area (Å²) in [6.07, 6.45) is 1.62. The van der Waals surface area contributed by atoms with E-state index >= 15 is 0 Å². The summed E-state index contributed by atoms with van der Waals surface area (Å²) in [6, 6.07) is 9.06. The Kier molecular flexibility index (Phi) is 8.23. The molecule has 4 nitrogen and oxygen atoms in total. The fourth-order valence-corrected chi connectivity index (χ4v) is 1.96. The zero-order chi connectivity index (χ0) is 17.1. The number of rotatable bonds is 6. The lowest BCUT2D eigenvalue weighted by molar-refractivity contribution is -0.138. The van der Waals surface area contributed by atoms with Crippen LogP contribution in [0.2, 0.25) is 0 Å². The molecular formula is C19H22O4. The molecule has 0 N–H and O–H groups in total. The Morgan fingerprint density at radius 2 is 1.78 bits per heavy atom. The zero-order valence-corrected chi connectivity index (χ0v) is 13.8. The van der Waals surface area contributed by atoms with Gasteiger partial charge in [0.25, 0.3) is 0 Å². The molecule has 1 rings (SSSR count). The van der Waals surface area contributed by atoms with E-state index in [1.54, 1.807) is 19.1 Å². The smallest absolute Gasteiger partial charge is 0.337 e. The summed E-state index contributed by atoms with van der Waals surface area (Å²) < 4.78 is 10.4. The predicted molar refractivity (Wildman–Crippen MR) is 89.1 cm³/mol. The van der Waals surface area contributed by atoms with Gasteiger partial charge in [0.2, 0.25) is 0 Å². The molecule has 0 aliphatic heterocycles. The van der Waals surface area contributed by atoms with Gasteiger partial charge in [-0.15, -0.1) is 11.8 Å². The van der Waals surface area contributed by atoms with E-state index < -0.39 is 11.9 Å². The maximum absolute atomic E-state index is 12.3. The highest BCUT2D eigenvalue weighted by atomic mass is 16.5. The first kappa shape index (κ1) is 18.5. The van der Waals surface area contributed by atoms with Crippen molar-refractivity contribution in [2.24, 2.45) is 0 Å². The molecule has 122 valence electrons. The van der Waals surface area contributed by atoms with Crippen molar-refractivity contribution in [3.05, 3.63) is 41.5 Å². The van der Waals surface area contributed by atoms with Crippen LogP contribution >= 0.6 is 0 Å². The van der Waals surface area contributed by atoms with Crippen LogP contribution in [0.1, 0.15) is 45.6 Å². The van der Waals surface area contributed by atoms with Crippen molar-refractivity contribution in [1.82, 2.24) is 0 Å². The monoisotopic (exact) mass is 314 g/mol. The van der Waals surface area contributed by atoms with Gasteiger partial charge in [0.15, 0.2) is 0 Å². The van der Waals surface area contributed by atoms with Crippen LogP contribution in [0.3, 0.4) is 0 Å². The molecule has 0 atom stereocenters. The van der Waals surface area contributed by atoms with Crippen LogP contribution in [0.4, 0.5) is 0 Å². The predicted octanol–water partition coefficient (Wildman–Crippen LogP) is 3.72. The van der Waals surface area contributed by atoms with Crippen LogP contribution in [0.25, 0.3) is 5.76 Å². The molecule has 0 amide bonds. The molecule has 0 aromatic heterocycles. The van der Waals surface area contributed by atoms with E-state index in [-0.39, 0.29) is 12.4 Å². The average Bonchev–Trinajstić information content (AvgIpc) is 2.54. The summed E-state index contributed by atoms with van der Waals surface area (Å²) >= 11 is 0. The first-order valence-electron chi connectivity index (χ1n) is 7.69. The van der Waals surface area contributed by atoms with Gasteiger partial charge >= 0.3 is 11.9 Å². The first-order valence-corrected chi connectivity index (χ1v) is 7.69. The minimum atomic E-state index is -0.481. The summed E-state index contributed by atoms with van der Waals surface area (Å²) in [5, 5.41) is 0. The maximum atomic E-state index is 12.3. The summed E-state index contributed by atoms with van der Waals surface area (Å²) in [5.74, 6) is 5.23. The molecule has 0 bridgehead atoms. The molecule has 0 aliphatic carbocycles. The number of hydrogen-bond acceptors (Lipinski definition) is 4. The van der Waals surface area contributed by atoms with Crippen molar-refractivity contribution >= 4 is 17.7 Å². The van der Waals surface area contributed by atoms with Crippen molar-refractivity contribution in [3.8, 4) is 11.8 Å². The fraction of sp³-hybridized carbons (Fsp3) is 0.368. The topological polar surface area (TPSA) is 52.6 Å². The van der Waals surface area contributed by atoms with E-state index in [1.165, 1.54) is 6.92 Å². The molecule has 0 unspecified atom stereocenters. The van der Waals surface area contributed by atoms with Crippen molar-refractivity contribution < 1.29 is 19.1 Å². The molecule has 0 fully saturated rings. The number of benzene rings is 1. The van der Waals surface area contributed by atoms with Gasteiger partial charge < -0.3 is 9.47 Å². The lowest BCUT2D eigenvalue weighted by Gasteiger charge is -2.13. The molecule has 0 spiro atoms. The van der Waals surface area contributed by atoms with Gasteiger partial charge in [-0.1, -0.05) is 37.3 Å². The molecule has 1 aromatic carbocycles. The third-order valence-corrected chi connectivity index (χ3v) is 2.88. The molecule has 1 aromatic rings. The number of esters is 2. The summed E-state index contributed by atoms with van der Waals surface area (Å²) in [6.45, 7) is 5.26. The summed E-state index contributed by atoms with van der Waals surface area (Å²) in [7, 11) is 0. The molecule has 0 saturated carbocycles. The lowest BCUT2D eigenvalue weighted by Crippen LogP contribution is -2.13. The van der Waals surface area contributed by atoms with E-state index in [0.717, 1.165) is 6.42 Å². The van der Waals surface area contributed by atoms with Crippen LogP contribution in [-0.2, 0) is 19.1 Å². The van der Waals surface area contributed by atoms with Crippen LogP contribution in [-0.4, -0.2) is 18.5 Å². The highest BCUT2D eigenvalue weighted by Gasteiger charge is 2.20. The van der Waals surface area contributed by atoms with Crippen LogP contribution in [0.5, 0.6) is 0 Å². The average molecular weight is 314 g/mol. The number of carbonyl (C=O) groups excluding carboxylic acids is 2. The lowest BCUT2D eigenvalue weighted by atomic mass is 10.0. The van der Waals surface area contributed by atoms with Gasteiger partial charge in [-0.3, -0.25) is 4.79 Å². The highest BCUT2D eigenvalue weighted by molar-refractivity contribution is 5.97. The molecule has 4 heteroatoms. The standard InChI is InChI=1S/C19H22O4/c1-4-6-7-11-14-17(19(21)22-5-2)18(23-15(3)20)16-12-9-8-10-13-16/h8-10,12-13H,4-5,11,14H2,1-3H3/b18-17-. The number of ether oxygens (including phenoxy) is 2. The Balaban J connectivity index is 3.26. The number of carbonyl (C=O) groups is 2. The normalized spacial score (nSPS) is 10.9. The second-order valence-electron chi connectivity index (χ2n) is 4.69. The Bertz CT molecular complexity index is 618. The molecule has 23 heavy (non-hydrogen) atoms. The summed E-state index contributed by atoms with van der Waals surface area (Å²) in [5.41, 5.74) is 0.993. The molecule has 0 saturated heterocycles.